The zero-order chi connectivity index (χ0) is 26.6. The lowest BCUT2D eigenvalue weighted by atomic mass is 10.1. The number of likely N-dealkylation sites (N-methyl/N-ethyl adjacent to an activating group) is 1. The Morgan fingerprint density at radius 1 is 1.14 bits per heavy atom. The van der Waals surface area contributed by atoms with Crippen LogP contribution in [-0.4, -0.2) is 44.4 Å². The third-order valence-corrected chi connectivity index (χ3v) is 6.16. The van der Waals surface area contributed by atoms with Crippen LogP contribution in [0.15, 0.2) is 59.5 Å². The highest BCUT2D eigenvalue weighted by molar-refractivity contribution is 7.89. The van der Waals surface area contributed by atoms with E-state index < -0.39 is 53.2 Å². The van der Waals surface area contributed by atoms with Gasteiger partial charge in [-0.2, -0.15) is 21.9 Å². The summed E-state index contributed by atoms with van der Waals surface area (Å²) in [5.74, 6) is -2.97. The number of aliphatic hydroxyl groups is 1. The molecule has 0 saturated carbocycles. The molecule has 0 saturated heterocycles. The molecule has 0 radical (unpaired) electrons. The van der Waals surface area contributed by atoms with Crippen molar-refractivity contribution < 1.29 is 41.5 Å². The maximum absolute atomic E-state index is 13.3. The number of carbonyl (C=O) groups is 2. The highest BCUT2D eigenvalue weighted by Crippen LogP contribution is 2.36. The summed E-state index contributed by atoms with van der Waals surface area (Å²) in [7, 11) is 1.22. The summed E-state index contributed by atoms with van der Waals surface area (Å²) in [6, 6.07) is 10.00. The Bertz CT molecular complexity index is 1290. The van der Waals surface area contributed by atoms with Crippen LogP contribution < -0.4 is 10.1 Å². The lowest BCUT2D eigenvalue weighted by Crippen LogP contribution is -2.35. The Labute approximate surface area is 205 Å². The predicted molar refractivity (Wildman–Crippen MR) is 121 cm³/mol. The van der Waals surface area contributed by atoms with Crippen molar-refractivity contribution in [2.75, 3.05) is 19.0 Å². The van der Waals surface area contributed by atoms with E-state index >= 15 is 0 Å². The second-order valence-corrected chi connectivity index (χ2v) is 8.83. The number of hydrogen-bond donors (Lipinski definition) is 2. The van der Waals surface area contributed by atoms with Crippen molar-refractivity contribution in [1.82, 2.24) is 9.29 Å². The van der Waals surface area contributed by atoms with Gasteiger partial charge >= 0.3 is 6.18 Å². The zero-order valence-electron chi connectivity index (χ0n) is 18.8. The molecule has 0 fully saturated rings. The molecule has 0 bridgehead atoms. The van der Waals surface area contributed by atoms with E-state index in [1.165, 1.54) is 44.3 Å². The van der Waals surface area contributed by atoms with Crippen molar-refractivity contribution >= 4 is 28.9 Å². The van der Waals surface area contributed by atoms with Crippen molar-refractivity contribution in [3.63, 3.8) is 0 Å². The molecule has 2 aromatic carbocycles. The van der Waals surface area contributed by atoms with Gasteiger partial charge in [-0.15, -0.1) is 0 Å². The number of carbonyl (C=O) groups excluding carboxylic acids is 2. The fraction of sp³-hybridized carbons (Fsp3) is 0.174. The Balaban J connectivity index is 1.93. The van der Waals surface area contributed by atoms with Gasteiger partial charge < -0.3 is 19.7 Å². The predicted octanol–water partition coefficient (Wildman–Crippen LogP) is 4.07. The minimum Gasteiger partial charge on any atom is -0.588 e. The van der Waals surface area contributed by atoms with Gasteiger partial charge in [0, 0.05) is 11.8 Å². The van der Waals surface area contributed by atoms with Gasteiger partial charge in [-0.05, 0) is 49.4 Å². The summed E-state index contributed by atoms with van der Waals surface area (Å²) in [4.78, 5) is 28.2. The van der Waals surface area contributed by atoms with Crippen LogP contribution in [0.4, 0.5) is 23.2 Å². The van der Waals surface area contributed by atoms with Gasteiger partial charge in [-0.3, -0.25) is 9.59 Å². The van der Waals surface area contributed by atoms with E-state index in [2.05, 4.69) is 10.3 Å². The SMILES string of the molecule is Cc1nc(F)ccc1Oc1cc(C(F)(F)F)ccc1C(=O)Nc1cccc([S@@+]([O-])N(C)C(=O)CO)c1. The first-order valence-corrected chi connectivity index (χ1v) is 11.2. The summed E-state index contributed by atoms with van der Waals surface area (Å²) < 4.78 is 72.1. The van der Waals surface area contributed by atoms with Crippen molar-refractivity contribution in [2.24, 2.45) is 0 Å². The molecule has 3 aromatic rings. The van der Waals surface area contributed by atoms with Gasteiger partial charge in [-0.25, -0.2) is 4.98 Å². The van der Waals surface area contributed by atoms with Crippen molar-refractivity contribution in [3.8, 4) is 11.5 Å². The third-order valence-electron chi connectivity index (χ3n) is 4.81. The average Bonchev–Trinajstić information content (AvgIpc) is 2.83. The van der Waals surface area contributed by atoms with E-state index in [0.29, 0.717) is 12.1 Å². The summed E-state index contributed by atoms with van der Waals surface area (Å²) in [5, 5.41) is 11.4. The first-order chi connectivity index (χ1) is 16.9. The number of alkyl halides is 3. The quantitative estimate of drug-likeness (QED) is 0.273. The van der Waals surface area contributed by atoms with E-state index in [1.807, 2.05) is 0 Å². The number of aliphatic hydroxyl groups excluding tert-OH is 1. The van der Waals surface area contributed by atoms with Crippen LogP contribution in [0.3, 0.4) is 0 Å². The molecule has 1 aromatic heterocycles. The Morgan fingerprint density at radius 3 is 2.50 bits per heavy atom. The van der Waals surface area contributed by atoms with E-state index in [0.717, 1.165) is 16.4 Å². The Hall–Kier alpha value is -3.68. The van der Waals surface area contributed by atoms with E-state index in [-0.39, 0.29) is 27.6 Å². The van der Waals surface area contributed by atoms with Crippen LogP contribution in [0.5, 0.6) is 11.5 Å². The van der Waals surface area contributed by atoms with E-state index in [4.69, 9.17) is 9.84 Å². The number of hydrogen-bond acceptors (Lipinski definition) is 6. The van der Waals surface area contributed by atoms with Crippen LogP contribution in [0.2, 0.25) is 0 Å². The fourth-order valence-electron chi connectivity index (χ4n) is 2.95. The number of aromatic nitrogens is 1. The van der Waals surface area contributed by atoms with Gasteiger partial charge in [-0.1, -0.05) is 6.07 Å². The molecule has 2 N–H and O–H groups in total. The van der Waals surface area contributed by atoms with E-state index in [9.17, 15) is 31.7 Å². The first kappa shape index (κ1) is 26.9. The van der Waals surface area contributed by atoms with Crippen molar-refractivity contribution in [2.45, 2.75) is 18.0 Å². The van der Waals surface area contributed by atoms with Crippen molar-refractivity contribution in [1.29, 1.82) is 0 Å². The maximum Gasteiger partial charge on any atom is 0.416 e. The number of amides is 2. The molecular weight excluding hydrogens is 506 g/mol. The molecular formula is C23H19F4N3O5S. The summed E-state index contributed by atoms with van der Waals surface area (Å²) in [6.07, 6.45) is -4.72. The van der Waals surface area contributed by atoms with Crippen LogP contribution in [0.25, 0.3) is 0 Å². The second kappa shape index (κ2) is 10.9. The van der Waals surface area contributed by atoms with Crippen LogP contribution in [-0.2, 0) is 22.3 Å². The highest BCUT2D eigenvalue weighted by Gasteiger charge is 2.32. The second-order valence-electron chi connectivity index (χ2n) is 7.31. The molecule has 13 heteroatoms. The van der Waals surface area contributed by atoms with Gasteiger partial charge in [0.1, 0.15) is 29.5 Å². The Morgan fingerprint density at radius 2 is 1.86 bits per heavy atom. The van der Waals surface area contributed by atoms with Crippen molar-refractivity contribution in [3.05, 3.63) is 77.4 Å². The number of pyridine rings is 1. The maximum atomic E-state index is 13.3. The number of ether oxygens (including phenoxy) is 1. The van der Waals surface area contributed by atoms with Crippen LogP contribution >= 0.6 is 0 Å². The number of aryl methyl sites for hydroxylation is 1. The van der Waals surface area contributed by atoms with Gasteiger partial charge in [0.05, 0.1) is 23.9 Å². The van der Waals surface area contributed by atoms with Gasteiger partial charge in [0.15, 0.2) is 4.90 Å². The zero-order valence-corrected chi connectivity index (χ0v) is 19.6. The molecule has 3 rings (SSSR count). The van der Waals surface area contributed by atoms with Gasteiger partial charge in [0.2, 0.25) is 5.95 Å². The lowest BCUT2D eigenvalue weighted by Gasteiger charge is -2.19. The topological polar surface area (TPSA) is 115 Å². The highest BCUT2D eigenvalue weighted by atomic mass is 32.2. The number of anilines is 1. The molecule has 0 aliphatic rings. The van der Waals surface area contributed by atoms with Crippen LogP contribution in [0, 0.1) is 12.9 Å². The summed E-state index contributed by atoms with van der Waals surface area (Å²) >= 11 is -1.99. The summed E-state index contributed by atoms with van der Waals surface area (Å²) in [6.45, 7) is 0.536. The number of halogens is 4. The van der Waals surface area contributed by atoms with Crippen LogP contribution in [0.1, 0.15) is 21.6 Å². The number of benzene rings is 2. The molecule has 0 spiro atoms. The molecule has 1 atom stereocenters. The monoisotopic (exact) mass is 525 g/mol. The number of nitrogens with zero attached hydrogens (tertiary/aromatic N) is 2. The smallest absolute Gasteiger partial charge is 0.416 e. The lowest BCUT2D eigenvalue weighted by molar-refractivity contribution is -0.137. The number of nitrogens with one attached hydrogen (secondary N) is 1. The minimum absolute atomic E-state index is 0.0514. The fourth-order valence-corrected chi connectivity index (χ4v) is 3.93. The summed E-state index contributed by atoms with van der Waals surface area (Å²) in [5.41, 5.74) is -1.17. The normalized spacial score (nSPS) is 12.1. The van der Waals surface area contributed by atoms with Gasteiger partial charge in [0.25, 0.3) is 11.8 Å². The Kier molecular flexibility index (Phi) is 8.17. The molecule has 1 heterocycles. The molecule has 0 aliphatic carbocycles. The molecule has 0 aliphatic heterocycles. The van der Waals surface area contributed by atoms with E-state index in [1.54, 1.807) is 0 Å². The number of rotatable bonds is 7. The molecule has 2 amide bonds. The molecule has 36 heavy (non-hydrogen) atoms. The standard InChI is InChI=1S/C23H19F4N3O5S/c1-13-18(8-9-20(24)28-13)35-19-10-14(23(25,26)27)6-7-17(19)22(33)29-15-4-3-5-16(11-15)36(34)30(2)21(32)12-31/h3-11,31H,12H2,1-2H3,(H,29,33)/t36-/m1/s1. The first-order valence-electron chi connectivity index (χ1n) is 10.1. The average molecular weight is 525 g/mol. The third kappa shape index (κ3) is 6.30. The molecule has 8 nitrogen and oxygen atoms in total. The molecule has 0 unspecified atom stereocenters. The molecule has 190 valence electrons. The largest absolute Gasteiger partial charge is 0.588 e. The minimum atomic E-state index is -4.72.